The summed E-state index contributed by atoms with van der Waals surface area (Å²) >= 11 is 1.55. The van der Waals surface area contributed by atoms with E-state index < -0.39 is 11.2 Å². The van der Waals surface area contributed by atoms with Crippen LogP contribution in [0.1, 0.15) is 40.3 Å². The molecule has 0 radical (unpaired) electrons. The van der Waals surface area contributed by atoms with E-state index >= 15 is 0 Å². The second-order valence-corrected chi connectivity index (χ2v) is 27.0. The third-order valence-corrected chi connectivity index (χ3v) is 19.2. The Kier molecular flexibility index (Phi) is 24.0. The van der Waals surface area contributed by atoms with Crippen molar-refractivity contribution in [3.05, 3.63) is 250 Å². The second-order valence-electron chi connectivity index (χ2n) is 26.1. The van der Waals surface area contributed by atoms with Gasteiger partial charge in [-0.2, -0.15) is 15.3 Å². The number of nitrogens with zero attached hydrogens (tertiary/aromatic N) is 18. The zero-order valence-corrected chi connectivity index (χ0v) is 65.6. The van der Waals surface area contributed by atoms with E-state index in [0.29, 0.717) is 96.1 Å². The van der Waals surface area contributed by atoms with Crippen molar-refractivity contribution >= 4 is 103 Å². The smallest absolute Gasteiger partial charge is 0.330 e. The molecule has 13 aromatic heterocycles. The first-order chi connectivity index (χ1) is 57.4. The molecule has 0 atom stereocenters. The highest BCUT2D eigenvalue weighted by molar-refractivity contribution is 7.13. The van der Waals surface area contributed by atoms with Gasteiger partial charge in [0.1, 0.15) is 27.1 Å². The number of amides is 8. The normalized spacial score (nSPS) is 10.9. The van der Waals surface area contributed by atoms with Crippen LogP contribution in [-0.2, 0) is 20.6 Å². The molecule has 0 saturated carbocycles. The van der Waals surface area contributed by atoms with E-state index in [-0.39, 0.29) is 35.6 Å². The molecule has 0 aliphatic heterocycles. The number of fused-ring (bicyclic) bond motifs is 4. The fraction of sp³-hybridized carbons (Fsp3) is 0.160. The van der Waals surface area contributed by atoms with Gasteiger partial charge in [-0.3, -0.25) is 54.9 Å². The Morgan fingerprint density at radius 2 is 0.907 bits per heavy atom. The molecule has 4 aromatic carbocycles. The first kappa shape index (κ1) is 78.8. The van der Waals surface area contributed by atoms with Crippen molar-refractivity contribution in [2.24, 2.45) is 14.1 Å². The molecule has 0 spiro atoms. The van der Waals surface area contributed by atoms with E-state index in [4.69, 9.17) is 0 Å². The number of carbonyl (C=O) groups excluding carboxylic acids is 4. The maximum atomic E-state index is 12.8. The van der Waals surface area contributed by atoms with Crippen LogP contribution in [0.5, 0.6) is 0 Å². The number of thiazole rings is 1. The number of imidazole rings is 4. The van der Waals surface area contributed by atoms with Crippen LogP contribution in [0.3, 0.4) is 0 Å². The van der Waals surface area contributed by atoms with Gasteiger partial charge in [0, 0.05) is 167 Å². The number of anilines is 4. The zero-order chi connectivity index (χ0) is 82.3. The Labute approximate surface area is 674 Å². The van der Waals surface area contributed by atoms with Crippen LogP contribution in [0.25, 0.3) is 116 Å². The Morgan fingerprint density at radius 1 is 0.432 bits per heavy atom. The van der Waals surface area contributed by atoms with E-state index in [1.165, 1.54) is 17.7 Å². The molecule has 0 unspecified atom stereocenters. The minimum atomic E-state index is -0.429. The summed E-state index contributed by atoms with van der Waals surface area (Å²) in [5.41, 5.74) is 15.2. The van der Waals surface area contributed by atoms with E-state index in [0.717, 1.165) is 87.7 Å². The number of pyridine rings is 4. The third-order valence-electron chi connectivity index (χ3n) is 18.4. The molecular weight excluding hydrogens is 1520 g/mol. The number of nitrogens with one attached hydrogen (secondary N) is 11. The lowest BCUT2D eigenvalue weighted by Gasteiger charge is -2.17. The van der Waals surface area contributed by atoms with Gasteiger partial charge < -0.3 is 45.4 Å². The molecule has 36 nitrogen and oxygen atoms in total. The lowest BCUT2D eigenvalue weighted by molar-refractivity contribution is 0.217. The predicted molar refractivity (Wildman–Crippen MR) is 452 cm³/mol. The molecule has 0 aliphatic rings. The summed E-state index contributed by atoms with van der Waals surface area (Å²) in [4.78, 5) is 135. The fourth-order valence-corrected chi connectivity index (χ4v) is 13.4. The molecule has 0 aliphatic carbocycles. The van der Waals surface area contributed by atoms with Crippen LogP contribution < -0.4 is 54.0 Å². The van der Waals surface area contributed by atoms with Crippen molar-refractivity contribution < 1.29 is 19.2 Å². The van der Waals surface area contributed by atoms with Crippen LogP contribution in [0.15, 0.2) is 228 Å². The van der Waals surface area contributed by atoms with E-state index in [1.54, 1.807) is 122 Å². The summed E-state index contributed by atoms with van der Waals surface area (Å²) in [5, 5.41) is 34.7. The van der Waals surface area contributed by atoms with Gasteiger partial charge in [-0.05, 0) is 154 Å². The summed E-state index contributed by atoms with van der Waals surface area (Å²) in [6.07, 6.45) is 22.8. The number of H-pyrrole nitrogens is 4. The topological polar surface area (TPSA) is 441 Å². The van der Waals surface area contributed by atoms with Crippen LogP contribution in [-0.4, -0.2) is 165 Å². The Balaban J connectivity index is 0.000000130. The molecule has 11 N–H and O–H groups in total. The summed E-state index contributed by atoms with van der Waals surface area (Å²) < 4.78 is 9.15. The van der Waals surface area contributed by atoms with Crippen molar-refractivity contribution in [1.29, 1.82) is 0 Å². The minimum absolute atomic E-state index is 0.132. The number of urea groups is 4. The molecule has 596 valence electrons. The summed E-state index contributed by atoms with van der Waals surface area (Å²) in [5.74, 6) is 1.38. The number of aromatic amines is 4. The lowest BCUT2D eigenvalue weighted by Crippen LogP contribution is -2.37. The van der Waals surface area contributed by atoms with Gasteiger partial charge in [0.2, 0.25) is 23.8 Å². The van der Waals surface area contributed by atoms with Gasteiger partial charge in [0.05, 0.1) is 57.1 Å². The molecule has 8 amide bonds. The van der Waals surface area contributed by atoms with Gasteiger partial charge in [-0.1, -0.05) is 18.2 Å². The number of hydrogen-bond donors (Lipinski definition) is 11. The quantitative estimate of drug-likeness (QED) is 0.0358. The van der Waals surface area contributed by atoms with Crippen molar-refractivity contribution in [1.82, 2.24) is 124 Å². The SMILES string of the molecule is CCN(CC)C(=O)Nc1nc2c(-n3cccn3)cc(-c3cccnc3)cc2[nH]1.CCNC(=O)Nc1nc2c(-c3nccs3)cc(-c3cccnc3)cc2[nH]1.CCNC(=O)Nc1nc2c(-n3cccn3)cc(-c3cc(=O)n(C)c(=O)n3C)cc2[nH]1.CCNC(=O)Nc1nc2c(-n3cccn3)cc(-c3ccn(Cc4ccccn4)c(=O)c3)cc2[nH]1. The predicted octanol–water partition coefficient (Wildman–Crippen LogP) is 11.7. The Morgan fingerprint density at radius 3 is 1.35 bits per heavy atom. The number of benzene rings is 4. The molecule has 17 rings (SSSR count). The van der Waals surface area contributed by atoms with Crippen molar-refractivity contribution in [3.8, 4) is 72.3 Å². The standard InChI is InChI=1S/C24H22N8O2.C20H21N7O.C19H20N8O3.C18H16N6OS/c1-2-25-24(34)30-23-28-19-12-17(13-20(22(19)29-23)32-10-5-9-27-32)16-7-11-31(21(33)14-16)15-18-6-3-4-8-26-18;1-3-26(4-2)20(28)25-19-23-16-11-15(14-7-5-8-21-13-14)12-17(18(16)24-19)27-10-6-9-22-27;1-4-20-18(29)24-17-22-12-8-11(13-10-15(28)26(3)19(30)25(13)2)9-14(16(12)23-17)27-7-5-6-21-27;1-2-20-18(25)24-17-22-14-9-12(11-4-3-5-19-10-11)8-13(15(14)23-17)16-21-6-7-26-16/h3-14H,2,15H2,1H3,(H3,25,28,29,30,34);5-13H,3-4H2,1-2H3,(H2,23,24,25,28);5-10H,4H2,1-3H3,(H3,20,22,23,24,29);3-10H,2H2,1H3,(H3,20,22,23,24,25). The Hall–Kier alpha value is -15.8. The molecule has 0 bridgehead atoms. The number of rotatable bonds is 19. The number of hydrogen-bond acceptors (Lipinski definition) is 19. The molecular formula is C81H79N29O7S. The van der Waals surface area contributed by atoms with E-state index in [9.17, 15) is 33.6 Å². The van der Waals surface area contributed by atoms with Crippen molar-refractivity contribution in [2.45, 2.75) is 41.2 Å². The molecule has 37 heteroatoms. The average Bonchev–Trinajstić information content (AvgIpc) is 1.65. The van der Waals surface area contributed by atoms with Crippen LogP contribution in [0.2, 0.25) is 0 Å². The van der Waals surface area contributed by atoms with Crippen molar-refractivity contribution in [2.75, 3.05) is 54.0 Å². The second kappa shape index (κ2) is 35.9. The molecule has 0 saturated heterocycles. The van der Waals surface area contributed by atoms with Gasteiger partial charge in [0.25, 0.3) is 11.1 Å². The minimum Gasteiger partial charge on any atom is -0.338 e. The zero-order valence-electron chi connectivity index (χ0n) is 64.8. The van der Waals surface area contributed by atoms with Gasteiger partial charge >= 0.3 is 29.8 Å². The van der Waals surface area contributed by atoms with E-state index in [2.05, 4.69) is 118 Å². The maximum absolute atomic E-state index is 12.8. The van der Waals surface area contributed by atoms with Gasteiger partial charge in [-0.25, -0.2) is 62.9 Å². The summed E-state index contributed by atoms with van der Waals surface area (Å²) in [6.45, 7) is 12.6. The monoisotopic (exact) mass is 1600 g/mol. The largest absolute Gasteiger partial charge is 0.338 e. The average molecular weight is 1600 g/mol. The van der Waals surface area contributed by atoms with Crippen LogP contribution in [0, 0.1) is 0 Å². The van der Waals surface area contributed by atoms with E-state index in [1.807, 2.05) is 156 Å². The van der Waals surface area contributed by atoms with Crippen LogP contribution in [0.4, 0.5) is 43.0 Å². The first-order valence-electron chi connectivity index (χ1n) is 37.4. The van der Waals surface area contributed by atoms with Gasteiger partial charge in [-0.15, -0.1) is 11.3 Å². The molecule has 118 heavy (non-hydrogen) atoms. The number of aromatic nitrogens is 21. The third kappa shape index (κ3) is 18.0. The fourth-order valence-electron chi connectivity index (χ4n) is 12.8. The van der Waals surface area contributed by atoms with Crippen LogP contribution >= 0.6 is 11.3 Å². The van der Waals surface area contributed by atoms with Crippen molar-refractivity contribution in [3.63, 3.8) is 0 Å². The van der Waals surface area contributed by atoms with Gasteiger partial charge in [0.15, 0.2) is 0 Å². The summed E-state index contributed by atoms with van der Waals surface area (Å²) in [6, 6.07) is 38.0. The highest BCUT2D eigenvalue weighted by Crippen LogP contribution is 2.36. The number of carbonyl (C=O) groups is 4. The Bertz CT molecular complexity index is 6570. The first-order valence-corrected chi connectivity index (χ1v) is 38.3. The molecule has 13 heterocycles. The highest BCUT2D eigenvalue weighted by Gasteiger charge is 2.22. The highest BCUT2D eigenvalue weighted by atomic mass is 32.1. The molecule has 0 fully saturated rings. The summed E-state index contributed by atoms with van der Waals surface area (Å²) in [7, 11) is 3.03. The maximum Gasteiger partial charge on any atom is 0.330 e. The molecule has 17 aromatic rings. The lowest BCUT2D eigenvalue weighted by atomic mass is 10.0.